The Morgan fingerprint density at radius 1 is 1.14 bits per heavy atom. The molecule has 5 nitrogen and oxygen atoms in total. The minimum absolute atomic E-state index is 0.581. The van der Waals surface area contributed by atoms with Gasteiger partial charge in [0.2, 0.25) is 5.95 Å². The highest BCUT2D eigenvalue weighted by molar-refractivity contribution is 6.30. The lowest BCUT2D eigenvalue weighted by molar-refractivity contribution is 0.425. The quantitative estimate of drug-likeness (QED) is 0.854. The van der Waals surface area contributed by atoms with Gasteiger partial charge in [0.05, 0.1) is 0 Å². The fourth-order valence-corrected chi connectivity index (χ4v) is 2.24. The predicted molar refractivity (Wildman–Crippen MR) is 93.3 cm³/mol. The molecule has 2 aromatic rings. The number of likely N-dealkylation sites (N-methyl/N-ethyl adjacent to an activating group) is 1. The molecule has 6 heteroatoms. The zero-order valence-corrected chi connectivity index (χ0v) is 14.2. The van der Waals surface area contributed by atoms with E-state index >= 15 is 0 Å². The lowest BCUT2D eigenvalue weighted by Crippen LogP contribution is -2.21. The number of hydrogen-bond donors (Lipinski definition) is 2. The van der Waals surface area contributed by atoms with Crippen molar-refractivity contribution in [2.75, 3.05) is 37.8 Å². The fourth-order valence-electron chi connectivity index (χ4n) is 2.01. The first kappa shape index (κ1) is 16.5. The number of nitrogens with one attached hydrogen (secondary N) is 2. The summed E-state index contributed by atoms with van der Waals surface area (Å²) < 4.78 is 0. The Bertz CT molecular complexity index is 642. The van der Waals surface area contributed by atoms with Crippen LogP contribution >= 0.6 is 11.6 Å². The Hall–Kier alpha value is -1.85. The molecule has 0 atom stereocenters. The summed E-state index contributed by atoms with van der Waals surface area (Å²) in [4.78, 5) is 11.1. The van der Waals surface area contributed by atoms with Crippen LogP contribution in [0, 0.1) is 13.8 Å². The van der Waals surface area contributed by atoms with E-state index in [0.717, 1.165) is 40.9 Å². The number of nitrogens with zero attached hydrogens (tertiary/aromatic N) is 3. The molecule has 1 aromatic carbocycles. The van der Waals surface area contributed by atoms with E-state index in [1.165, 1.54) is 0 Å². The number of rotatable bonds is 6. The molecule has 0 radical (unpaired) electrons. The van der Waals surface area contributed by atoms with Gasteiger partial charge in [-0.2, -0.15) is 4.98 Å². The van der Waals surface area contributed by atoms with E-state index < -0.39 is 0 Å². The standard InChI is InChI=1S/C16H22ClN5/c1-11-9-13(17)5-6-14(11)20-16-19-12(2)10-15(21-16)18-7-8-22(3)4/h5-6,9-10H,7-8H2,1-4H3,(H2,18,19,20,21). The molecule has 0 aliphatic heterocycles. The van der Waals surface area contributed by atoms with Gasteiger partial charge in [-0.25, -0.2) is 4.98 Å². The van der Waals surface area contributed by atoms with Crippen LogP contribution in [-0.2, 0) is 0 Å². The van der Waals surface area contributed by atoms with Crippen LogP contribution in [0.15, 0.2) is 24.3 Å². The Labute approximate surface area is 136 Å². The van der Waals surface area contributed by atoms with E-state index in [4.69, 9.17) is 11.6 Å². The van der Waals surface area contributed by atoms with Crippen LogP contribution in [0.3, 0.4) is 0 Å². The minimum atomic E-state index is 0.581. The second-order valence-electron chi connectivity index (χ2n) is 5.53. The molecule has 1 aromatic heterocycles. The Kier molecular flexibility index (Phi) is 5.57. The van der Waals surface area contributed by atoms with Gasteiger partial charge in [0.25, 0.3) is 0 Å². The third kappa shape index (κ3) is 4.86. The zero-order chi connectivity index (χ0) is 16.1. The number of benzene rings is 1. The molecule has 0 aliphatic rings. The highest BCUT2D eigenvalue weighted by Crippen LogP contribution is 2.22. The molecular formula is C16H22ClN5. The van der Waals surface area contributed by atoms with Crippen molar-refractivity contribution >= 4 is 29.1 Å². The largest absolute Gasteiger partial charge is 0.369 e. The lowest BCUT2D eigenvalue weighted by Gasteiger charge is -2.13. The van der Waals surface area contributed by atoms with Crippen LogP contribution in [0.2, 0.25) is 5.02 Å². The summed E-state index contributed by atoms with van der Waals surface area (Å²) >= 11 is 5.98. The molecule has 1 heterocycles. The van der Waals surface area contributed by atoms with E-state index in [9.17, 15) is 0 Å². The molecule has 0 saturated carbocycles. The van der Waals surface area contributed by atoms with Crippen LogP contribution < -0.4 is 10.6 Å². The van der Waals surface area contributed by atoms with E-state index in [1.807, 2.05) is 52.2 Å². The SMILES string of the molecule is Cc1cc(NCCN(C)C)nc(Nc2ccc(Cl)cc2C)n1. The molecule has 22 heavy (non-hydrogen) atoms. The summed E-state index contributed by atoms with van der Waals surface area (Å²) in [5, 5.41) is 7.28. The monoisotopic (exact) mass is 319 g/mol. The second kappa shape index (κ2) is 7.42. The second-order valence-corrected chi connectivity index (χ2v) is 5.97. The van der Waals surface area contributed by atoms with Gasteiger partial charge < -0.3 is 15.5 Å². The Morgan fingerprint density at radius 2 is 1.91 bits per heavy atom. The van der Waals surface area contributed by atoms with Crippen LogP contribution in [0.5, 0.6) is 0 Å². The number of halogens is 1. The summed E-state index contributed by atoms with van der Waals surface area (Å²) in [6, 6.07) is 7.64. The first-order valence-electron chi connectivity index (χ1n) is 7.21. The third-order valence-corrected chi connectivity index (χ3v) is 3.39. The topological polar surface area (TPSA) is 53.1 Å². The third-order valence-electron chi connectivity index (χ3n) is 3.15. The maximum Gasteiger partial charge on any atom is 0.229 e. The molecule has 0 aliphatic carbocycles. The zero-order valence-electron chi connectivity index (χ0n) is 13.4. The molecule has 118 valence electrons. The van der Waals surface area contributed by atoms with E-state index in [0.29, 0.717) is 5.95 Å². The summed E-state index contributed by atoms with van der Waals surface area (Å²) in [6.45, 7) is 5.74. The van der Waals surface area contributed by atoms with Gasteiger partial charge in [0.15, 0.2) is 0 Å². The molecule has 0 fully saturated rings. The predicted octanol–water partition coefficient (Wildman–Crippen LogP) is 3.46. The summed E-state index contributed by atoms with van der Waals surface area (Å²) in [5.41, 5.74) is 2.92. The highest BCUT2D eigenvalue weighted by atomic mass is 35.5. The average Bonchev–Trinajstić information content (AvgIpc) is 2.41. The van der Waals surface area contributed by atoms with Gasteiger partial charge in [0.1, 0.15) is 5.82 Å². The molecule has 0 saturated heterocycles. The molecule has 0 amide bonds. The molecule has 2 rings (SSSR count). The normalized spacial score (nSPS) is 10.8. The van der Waals surface area contributed by atoms with E-state index in [-0.39, 0.29) is 0 Å². The van der Waals surface area contributed by atoms with Crippen LogP contribution in [0.25, 0.3) is 0 Å². The first-order chi connectivity index (χ1) is 10.4. The molecule has 2 N–H and O–H groups in total. The summed E-state index contributed by atoms with van der Waals surface area (Å²) in [5.74, 6) is 1.40. The fraction of sp³-hybridized carbons (Fsp3) is 0.375. The van der Waals surface area contributed by atoms with Crippen molar-refractivity contribution in [2.45, 2.75) is 13.8 Å². The Morgan fingerprint density at radius 3 is 2.59 bits per heavy atom. The summed E-state index contributed by atoms with van der Waals surface area (Å²) in [7, 11) is 4.09. The molecular weight excluding hydrogens is 298 g/mol. The van der Waals surface area contributed by atoms with Crippen molar-refractivity contribution in [3.63, 3.8) is 0 Å². The Balaban J connectivity index is 2.12. The highest BCUT2D eigenvalue weighted by Gasteiger charge is 2.05. The van der Waals surface area contributed by atoms with E-state index in [2.05, 4.69) is 25.5 Å². The van der Waals surface area contributed by atoms with Gasteiger partial charge in [0, 0.05) is 35.6 Å². The summed E-state index contributed by atoms with van der Waals surface area (Å²) in [6.07, 6.45) is 0. The van der Waals surface area contributed by atoms with Gasteiger partial charge in [-0.3, -0.25) is 0 Å². The smallest absolute Gasteiger partial charge is 0.229 e. The molecule has 0 spiro atoms. The maximum absolute atomic E-state index is 5.98. The number of hydrogen-bond acceptors (Lipinski definition) is 5. The van der Waals surface area contributed by atoms with Crippen LogP contribution in [0.4, 0.5) is 17.5 Å². The van der Waals surface area contributed by atoms with Crippen LogP contribution in [0.1, 0.15) is 11.3 Å². The van der Waals surface area contributed by atoms with E-state index in [1.54, 1.807) is 0 Å². The van der Waals surface area contributed by atoms with Crippen molar-refractivity contribution in [3.05, 3.63) is 40.5 Å². The van der Waals surface area contributed by atoms with Gasteiger partial charge in [-0.1, -0.05) is 11.6 Å². The molecule has 0 bridgehead atoms. The number of aryl methyl sites for hydroxylation is 2. The maximum atomic E-state index is 5.98. The van der Waals surface area contributed by atoms with Crippen molar-refractivity contribution in [3.8, 4) is 0 Å². The van der Waals surface area contributed by atoms with Gasteiger partial charge in [-0.05, 0) is 51.7 Å². The van der Waals surface area contributed by atoms with Gasteiger partial charge >= 0.3 is 0 Å². The lowest BCUT2D eigenvalue weighted by atomic mass is 10.2. The number of aromatic nitrogens is 2. The van der Waals surface area contributed by atoms with Crippen molar-refractivity contribution in [1.82, 2.24) is 14.9 Å². The van der Waals surface area contributed by atoms with Crippen molar-refractivity contribution in [2.24, 2.45) is 0 Å². The van der Waals surface area contributed by atoms with Crippen molar-refractivity contribution in [1.29, 1.82) is 0 Å². The van der Waals surface area contributed by atoms with Crippen molar-refractivity contribution < 1.29 is 0 Å². The van der Waals surface area contributed by atoms with Gasteiger partial charge in [-0.15, -0.1) is 0 Å². The number of anilines is 3. The molecule has 0 unspecified atom stereocenters. The first-order valence-corrected chi connectivity index (χ1v) is 7.59. The average molecular weight is 320 g/mol. The minimum Gasteiger partial charge on any atom is -0.369 e. The van der Waals surface area contributed by atoms with Crippen LogP contribution in [-0.4, -0.2) is 42.1 Å².